The van der Waals surface area contributed by atoms with E-state index in [1.165, 1.54) is 0 Å². The third kappa shape index (κ3) is 5.99. The molecule has 2 N–H and O–H groups in total. The van der Waals surface area contributed by atoms with Gasteiger partial charge in [-0.2, -0.15) is 0 Å². The molecule has 0 amide bonds. The summed E-state index contributed by atoms with van der Waals surface area (Å²) in [7, 11) is 3.41. The second kappa shape index (κ2) is 8.44. The highest BCUT2D eigenvalue weighted by atomic mass is 16.5. The number of nitrogens with zero attached hydrogens (tertiary/aromatic N) is 1. The van der Waals surface area contributed by atoms with E-state index in [0.717, 1.165) is 26.2 Å². The van der Waals surface area contributed by atoms with Gasteiger partial charge in [0.2, 0.25) is 0 Å². The van der Waals surface area contributed by atoms with Crippen molar-refractivity contribution in [3.63, 3.8) is 0 Å². The van der Waals surface area contributed by atoms with Crippen LogP contribution in [-0.4, -0.2) is 58.0 Å². The molecule has 0 heterocycles. The summed E-state index contributed by atoms with van der Waals surface area (Å²) in [6, 6.07) is 0. The molecule has 13 heavy (non-hydrogen) atoms. The Balaban J connectivity index is 3.67. The smallest absolute Gasteiger partial charge is 0.0820 e. The Morgan fingerprint density at radius 3 is 2.46 bits per heavy atom. The van der Waals surface area contributed by atoms with Crippen molar-refractivity contribution in [1.29, 1.82) is 0 Å². The summed E-state index contributed by atoms with van der Waals surface area (Å²) < 4.78 is 10.2. The molecule has 1 unspecified atom stereocenters. The van der Waals surface area contributed by atoms with Crippen LogP contribution in [0.25, 0.3) is 0 Å². The zero-order valence-electron chi connectivity index (χ0n) is 8.95. The predicted octanol–water partition coefficient (Wildman–Crippen LogP) is -0.0716. The average Bonchev–Trinajstić information content (AvgIpc) is 2.19. The molecule has 0 saturated heterocycles. The Hall–Kier alpha value is -0.160. The number of methoxy groups -OCH3 is 2. The summed E-state index contributed by atoms with van der Waals surface area (Å²) in [6.45, 7) is 6.27. The SMILES string of the molecule is CCN(CCOC)CC(CN)OC. The van der Waals surface area contributed by atoms with E-state index in [-0.39, 0.29) is 6.10 Å². The highest BCUT2D eigenvalue weighted by molar-refractivity contribution is 4.65. The van der Waals surface area contributed by atoms with Crippen molar-refractivity contribution in [3.8, 4) is 0 Å². The maximum atomic E-state index is 5.53. The zero-order valence-corrected chi connectivity index (χ0v) is 8.95. The summed E-state index contributed by atoms with van der Waals surface area (Å²) in [5.74, 6) is 0. The Morgan fingerprint density at radius 1 is 1.38 bits per heavy atom. The van der Waals surface area contributed by atoms with Crippen LogP contribution < -0.4 is 5.73 Å². The minimum absolute atomic E-state index is 0.136. The molecule has 4 nitrogen and oxygen atoms in total. The second-order valence-corrected chi connectivity index (χ2v) is 2.98. The van der Waals surface area contributed by atoms with Gasteiger partial charge in [-0.1, -0.05) is 6.92 Å². The number of hydrogen-bond acceptors (Lipinski definition) is 4. The van der Waals surface area contributed by atoms with E-state index in [9.17, 15) is 0 Å². The normalized spacial score (nSPS) is 13.6. The molecule has 0 rings (SSSR count). The van der Waals surface area contributed by atoms with Gasteiger partial charge in [0.05, 0.1) is 12.7 Å². The van der Waals surface area contributed by atoms with E-state index >= 15 is 0 Å². The van der Waals surface area contributed by atoms with E-state index in [0.29, 0.717) is 6.54 Å². The highest BCUT2D eigenvalue weighted by Crippen LogP contribution is 1.94. The fourth-order valence-corrected chi connectivity index (χ4v) is 1.13. The topological polar surface area (TPSA) is 47.7 Å². The number of nitrogens with two attached hydrogens (primary N) is 1. The van der Waals surface area contributed by atoms with Crippen LogP contribution >= 0.6 is 0 Å². The Kier molecular flexibility index (Phi) is 8.33. The summed E-state index contributed by atoms with van der Waals surface area (Å²) in [5.41, 5.74) is 5.53. The molecular weight excluding hydrogens is 168 g/mol. The van der Waals surface area contributed by atoms with Crippen LogP contribution in [0.3, 0.4) is 0 Å². The summed E-state index contributed by atoms with van der Waals surface area (Å²) in [6.07, 6.45) is 0.136. The third-order valence-electron chi connectivity index (χ3n) is 2.12. The van der Waals surface area contributed by atoms with E-state index < -0.39 is 0 Å². The maximum Gasteiger partial charge on any atom is 0.0820 e. The van der Waals surface area contributed by atoms with Crippen LogP contribution in [0.1, 0.15) is 6.92 Å². The fraction of sp³-hybridized carbons (Fsp3) is 1.00. The minimum atomic E-state index is 0.136. The third-order valence-corrected chi connectivity index (χ3v) is 2.12. The van der Waals surface area contributed by atoms with Crippen molar-refractivity contribution >= 4 is 0 Å². The molecule has 0 radical (unpaired) electrons. The Labute approximate surface area is 81.0 Å². The van der Waals surface area contributed by atoms with Crippen LogP contribution in [0.5, 0.6) is 0 Å². The van der Waals surface area contributed by atoms with Crippen molar-refractivity contribution in [3.05, 3.63) is 0 Å². The molecule has 0 aromatic rings. The van der Waals surface area contributed by atoms with Gasteiger partial charge in [0, 0.05) is 33.9 Å². The number of rotatable bonds is 8. The quantitative estimate of drug-likeness (QED) is 0.582. The fourth-order valence-electron chi connectivity index (χ4n) is 1.13. The van der Waals surface area contributed by atoms with Crippen molar-refractivity contribution in [2.45, 2.75) is 13.0 Å². The molecule has 0 bridgehead atoms. The van der Waals surface area contributed by atoms with Crippen LogP contribution in [0, 0.1) is 0 Å². The highest BCUT2D eigenvalue weighted by Gasteiger charge is 2.09. The van der Waals surface area contributed by atoms with E-state index in [4.69, 9.17) is 15.2 Å². The lowest BCUT2D eigenvalue weighted by molar-refractivity contribution is 0.0606. The van der Waals surface area contributed by atoms with Crippen LogP contribution in [0.4, 0.5) is 0 Å². The first-order valence-corrected chi connectivity index (χ1v) is 4.72. The molecule has 0 aromatic carbocycles. The first-order valence-electron chi connectivity index (χ1n) is 4.72. The summed E-state index contributed by atoms with van der Waals surface area (Å²) in [4.78, 5) is 2.27. The first kappa shape index (κ1) is 12.8. The number of hydrogen-bond donors (Lipinski definition) is 1. The van der Waals surface area contributed by atoms with Gasteiger partial charge < -0.3 is 15.2 Å². The summed E-state index contributed by atoms with van der Waals surface area (Å²) >= 11 is 0. The lowest BCUT2D eigenvalue weighted by Crippen LogP contribution is -2.39. The maximum absolute atomic E-state index is 5.53. The van der Waals surface area contributed by atoms with Gasteiger partial charge in [-0.15, -0.1) is 0 Å². The molecular formula is C9H22N2O2. The van der Waals surface area contributed by atoms with Gasteiger partial charge in [0.25, 0.3) is 0 Å². The van der Waals surface area contributed by atoms with E-state index in [1.54, 1.807) is 14.2 Å². The molecule has 4 heteroatoms. The number of likely N-dealkylation sites (N-methyl/N-ethyl adjacent to an activating group) is 1. The van der Waals surface area contributed by atoms with Gasteiger partial charge >= 0.3 is 0 Å². The lowest BCUT2D eigenvalue weighted by Gasteiger charge is -2.24. The van der Waals surface area contributed by atoms with Crippen molar-refractivity contribution in [1.82, 2.24) is 4.90 Å². The monoisotopic (exact) mass is 190 g/mol. The van der Waals surface area contributed by atoms with Gasteiger partial charge in [-0.3, -0.25) is 4.90 Å². The predicted molar refractivity (Wildman–Crippen MR) is 53.8 cm³/mol. The second-order valence-electron chi connectivity index (χ2n) is 2.98. The molecule has 0 aliphatic rings. The standard InChI is InChI=1S/C9H22N2O2/c1-4-11(5-6-12-2)8-9(7-10)13-3/h9H,4-8,10H2,1-3H3. The van der Waals surface area contributed by atoms with Gasteiger partial charge in [0.15, 0.2) is 0 Å². The first-order chi connectivity index (χ1) is 6.28. The number of ether oxygens (including phenoxy) is 2. The van der Waals surface area contributed by atoms with E-state index in [2.05, 4.69) is 11.8 Å². The Morgan fingerprint density at radius 2 is 2.08 bits per heavy atom. The molecule has 0 fully saturated rings. The van der Waals surface area contributed by atoms with Gasteiger partial charge in [-0.05, 0) is 6.54 Å². The van der Waals surface area contributed by atoms with Crippen molar-refractivity contribution in [2.24, 2.45) is 5.73 Å². The molecule has 80 valence electrons. The largest absolute Gasteiger partial charge is 0.383 e. The average molecular weight is 190 g/mol. The van der Waals surface area contributed by atoms with Crippen LogP contribution in [-0.2, 0) is 9.47 Å². The van der Waals surface area contributed by atoms with Gasteiger partial charge in [-0.25, -0.2) is 0 Å². The molecule has 0 aliphatic heterocycles. The Bertz CT molecular complexity index is 108. The van der Waals surface area contributed by atoms with Crippen LogP contribution in [0.2, 0.25) is 0 Å². The molecule has 0 spiro atoms. The van der Waals surface area contributed by atoms with Crippen molar-refractivity contribution < 1.29 is 9.47 Å². The van der Waals surface area contributed by atoms with Gasteiger partial charge in [0.1, 0.15) is 0 Å². The van der Waals surface area contributed by atoms with Crippen LogP contribution in [0.15, 0.2) is 0 Å². The molecule has 0 aliphatic carbocycles. The summed E-state index contributed by atoms with van der Waals surface area (Å²) in [5, 5.41) is 0. The molecule has 1 atom stereocenters. The van der Waals surface area contributed by atoms with Crippen molar-refractivity contribution in [2.75, 3.05) is 47.0 Å². The molecule has 0 saturated carbocycles. The lowest BCUT2D eigenvalue weighted by atomic mass is 10.3. The zero-order chi connectivity index (χ0) is 10.1. The minimum Gasteiger partial charge on any atom is -0.383 e. The molecule has 0 aromatic heterocycles. The van der Waals surface area contributed by atoms with E-state index in [1.807, 2.05) is 0 Å².